The molecule has 1 heterocycles. The molecule has 0 atom stereocenters. The minimum absolute atomic E-state index is 0.123. The molecule has 0 saturated heterocycles. The molecule has 0 fully saturated rings. The fourth-order valence-electron chi connectivity index (χ4n) is 1.93. The number of carbonyl (C=O) groups is 1. The molecule has 0 spiro atoms. The van der Waals surface area contributed by atoms with E-state index in [-0.39, 0.29) is 5.91 Å². The number of benzene rings is 1. The van der Waals surface area contributed by atoms with E-state index < -0.39 is 0 Å². The van der Waals surface area contributed by atoms with E-state index in [0.29, 0.717) is 26.0 Å². The maximum Gasteiger partial charge on any atom is 0.222 e. The number of thiazole rings is 1. The van der Waals surface area contributed by atoms with Crippen molar-refractivity contribution >= 4 is 17.2 Å². The zero-order chi connectivity index (χ0) is 15.1. The number of rotatable bonds is 7. The van der Waals surface area contributed by atoms with Gasteiger partial charge in [0.1, 0.15) is 5.75 Å². The summed E-state index contributed by atoms with van der Waals surface area (Å²) >= 11 is 1.61. The Balaban J connectivity index is 1.67. The predicted octanol–water partition coefficient (Wildman–Crippen LogP) is 3.27. The van der Waals surface area contributed by atoms with Crippen molar-refractivity contribution in [2.45, 2.75) is 26.3 Å². The maximum atomic E-state index is 12.0. The Morgan fingerprint density at radius 2 is 2.10 bits per heavy atom. The molecule has 112 valence electrons. The molecule has 1 aromatic carbocycles. The summed E-state index contributed by atoms with van der Waals surface area (Å²) in [6, 6.07) is 9.65. The van der Waals surface area contributed by atoms with Crippen LogP contribution in [0.5, 0.6) is 5.75 Å². The molecule has 0 N–H and O–H groups in total. The highest BCUT2D eigenvalue weighted by Gasteiger charge is 2.10. The molecule has 0 bridgehead atoms. The Labute approximate surface area is 129 Å². The van der Waals surface area contributed by atoms with Gasteiger partial charge >= 0.3 is 0 Å². The van der Waals surface area contributed by atoms with Crippen LogP contribution in [0.2, 0.25) is 0 Å². The topological polar surface area (TPSA) is 42.4 Å². The molecule has 21 heavy (non-hydrogen) atoms. The highest BCUT2D eigenvalue weighted by Crippen LogP contribution is 2.11. The van der Waals surface area contributed by atoms with Crippen LogP contribution in [0.25, 0.3) is 0 Å². The minimum atomic E-state index is 0.123. The quantitative estimate of drug-likeness (QED) is 0.737. The van der Waals surface area contributed by atoms with Crippen molar-refractivity contribution in [2.24, 2.45) is 0 Å². The third-order valence-corrected chi connectivity index (χ3v) is 3.86. The Morgan fingerprint density at radius 1 is 1.33 bits per heavy atom. The van der Waals surface area contributed by atoms with E-state index in [1.807, 2.05) is 49.7 Å². The monoisotopic (exact) mass is 304 g/mol. The number of carbonyl (C=O) groups excluding carboxylic acids is 1. The summed E-state index contributed by atoms with van der Waals surface area (Å²) in [5.41, 5.74) is 0.953. The molecule has 0 saturated carbocycles. The van der Waals surface area contributed by atoms with Gasteiger partial charge in [-0.15, -0.1) is 11.3 Å². The summed E-state index contributed by atoms with van der Waals surface area (Å²) in [6.07, 6.45) is 1.21. The first-order chi connectivity index (χ1) is 10.1. The lowest BCUT2D eigenvalue weighted by Crippen LogP contribution is -2.26. The second-order valence-electron chi connectivity index (χ2n) is 4.87. The molecule has 0 aliphatic rings. The van der Waals surface area contributed by atoms with Crippen LogP contribution < -0.4 is 4.74 Å². The van der Waals surface area contributed by atoms with E-state index in [9.17, 15) is 4.79 Å². The molecule has 2 aromatic rings. The number of ether oxygens (including phenoxy) is 1. The van der Waals surface area contributed by atoms with Crippen molar-refractivity contribution in [2.75, 3.05) is 13.7 Å². The van der Waals surface area contributed by atoms with Crippen molar-refractivity contribution in [1.29, 1.82) is 0 Å². The van der Waals surface area contributed by atoms with Gasteiger partial charge in [-0.2, -0.15) is 0 Å². The van der Waals surface area contributed by atoms with Crippen LogP contribution >= 0.6 is 11.3 Å². The lowest BCUT2D eigenvalue weighted by Gasteiger charge is -2.15. The Morgan fingerprint density at radius 3 is 2.76 bits per heavy atom. The Kier molecular flexibility index (Phi) is 5.75. The van der Waals surface area contributed by atoms with Crippen LogP contribution in [0.1, 0.15) is 23.5 Å². The van der Waals surface area contributed by atoms with E-state index >= 15 is 0 Å². The summed E-state index contributed by atoms with van der Waals surface area (Å²) in [4.78, 5) is 18.1. The van der Waals surface area contributed by atoms with Gasteiger partial charge in [-0.05, 0) is 25.5 Å². The predicted molar refractivity (Wildman–Crippen MR) is 84.5 cm³/mol. The molecule has 0 aliphatic heterocycles. The van der Waals surface area contributed by atoms with E-state index in [2.05, 4.69) is 4.98 Å². The van der Waals surface area contributed by atoms with Crippen LogP contribution in [0.4, 0.5) is 0 Å². The molecule has 0 unspecified atom stereocenters. The molecule has 2 rings (SSSR count). The fraction of sp³-hybridized carbons (Fsp3) is 0.375. The first-order valence-corrected chi connectivity index (χ1v) is 7.86. The van der Waals surface area contributed by atoms with Crippen molar-refractivity contribution < 1.29 is 9.53 Å². The lowest BCUT2D eigenvalue weighted by atomic mass is 10.3. The summed E-state index contributed by atoms with van der Waals surface area (Å²) in [5.74, 6) is 0.966. The summed E-state index contributed by atoms with van der Waals surface area (Å²) < 4.78 is 5.58. The van der Waals surface area contributed by atoms with Gasteiger partial charge in [0.25, 0.3) is 0 Å². The molecule has 1 aromatic heterocycles. The number of amides is 1. The number of aryl methyl sites for hydroxylation is 1. The van der Waals surface area contributed by atoms with Crippen LogP contribution in [-0.4, -0.2) is 29.4 Å². The maximum absolute atomic E-state index is 12.0. The van der Waals surface area contributed by atoms with E-state index in [0.717, 1.165) is 16.5 Å². The van der Waals surface area contributed by atoms with Crippen LogP contribution in [0.15, 0.2) is 35.7 Å². The van der Waals surface area contributed by atoms with E-state index in [4.69, 9.17) is 4.74 Å². The Hall–Kier alpha value is -1.88. The number of nitrogens with zero attached hydrogens (tertiary/aromatic N) is 2. The van der Waals surface area contributed by atoms with Gasteiger partial charge in [0.05, 0.1) is 23.9 Å². The average molecular weight is 304 g/mol. The number of hydrogen-bond acceptors (Lipinski definition) is 4. The van der Waals surface area contributed by atoms with Gasteiger partial charge < -0.3 is 9.64 Å². The average Bonchev–Trinajstić information content (AvgIpc) is 2.89. The van der Waals surface area contributed by atoms with Crippen LogP contribution in [0, 0.1) is 6.92 Å². The highest BCUT2D eigenvalue weighted by molar-refractivity contribution is 7.09. The summed E-state index contributed by atoms with van der Waals surface area (Å²) in [5, 5.41) is 3.03. The van der Waals surface area contributed by atoms with Crippen LogP contribution in [0.3, 0.4) is 0 Å². The van der Waals surface area contributed by atoms with Crippen molar-refractivity contribution in [3.05, 3.63) is 46.4 Å². The van der Waals surface area contributed by atoms with Crippen molar-refractivity contribution in [3.63, 3.8) is 0 Å². The third kappa shape index (κ3) is 5.19. The number of aromatic nitrogens is 1. The van der Waals surface area contributed by atoms with Gasteiger partial charge in [-0.25, -0.2) is 4.98 Å². The Bertz CT molecular complexity index is 569. The van der Waals surface area contributed by atoms with Gasteiger partial charge in [0.2, 0.25) is 5.91 Å². The van der Waals surface area contributed by atoms with Crippen molar-refractivity contribution in [1.82, 2.24) is 9.88 Å². The molecule has 0 radical (unpaired) electrons. The standard InChI is InChI=1S/C16H20N2O2S/c1-13-17-14(12-21-13)11-18(2)16(19)9-6-10-20-15-7-4-3-5-8-15/h3-5,7-8,12H,6,9-11H2,1-2H3. The van der Waals surface area contributed by atoms with Gasteiger partial charge in [0, 0.05) is 18.8 Å². The minimum Gasteiger partial charge on any atom is -0.494 e. The van der Waals surface area contributed by atoms with Gasteiger partial charge in [0.15, 0.2) is 0 Å². The smallest absolute Gasteiger partial charge is 0.222 e. The summed E-state index contributed by atoms with van der Waals surface area (Å²) in [6.45, 7) is 3.10. The van der Waals surface area contributed by atoms with Gasteiger partial charge in [-0.3, -0.25) is 4.79 Å². The third-order valence-electron chi connectivity index (χ3n) is 3.04. The zero-order valence-corrected chi connectivity index (χ0v) is 13.2. The largest absolute Gasteiger partial charge is 0.494 e. The molecule has 5 heteroatoms. The van der Waals surface area contributed by atoms with E-state index in [1.54, 1.807) is 16.2 Å². The first kappa shape index (κ1) is 15.5. The highest BCUT2D eigenvalue weighted by atomic mass is 32.1. The fourth-order valence-corrected chi connectivity index (χ4v) is 2.54. The van der Waals surface area contributed by atoms with E-state index in [1.165, 1.54) is 0 Å². The molecular formula is C16H20N2O2S. The second-order valence-corrected chi connectivity index (χ2v) is 5.93. The second kappa shape index (κ2) is 7.78. The zero-order valence-electron chi connectivity index (χ0n) is 12.4. The molecular weight excluding hydrogens is 284 g/mol. The lowest BCUT2D eigenvalue weighted by molar-refractivity contribution is -0.130. The summed E-state index contributed by atoms with van der Waals surface area (Å²) in [7, 11) is 1.81. The molecule has 4 nitrogen and oxygen atoms in total. The van der Waals surface area contributed by atoms with Crippen LogP contribution in [-0.2, 0) is 11.3 Å². The number of para-hydroxylation sites is 1. The van der Waals surface area contributed by atoms with Gasteiger partial charge in [-0.1, -0.05) is 18.2 Å². The first-order valence-electron chi connectivity index (χ1n) is 6.98. The normalized spacial score (nSPS) is 10.4. The SMILES string of the molecule is Cc1nc(CN(C)C(=O)CCCOc2ccccc2)cs1. The molecule has 1 amide bonds. The number of hydrogen-bond donors (Lipinski definition) is 0. The van der Waals surface area contributed by atoms with Crippen molar-refractivity contribution in [3.8, 4) is 5.75 Å². The molecule has 0 aliphatic carbocycles.